The van der Waals surface area contributed by atoms with Gasteiger partial charge in [-0.1, -0.05) is 23.1 Å². The number of methoxy groups -OCH3 is 1. The van der Waals surface area contributed by atoms with Crippen LogP contribution in [-0.4, -0.2) is 40.1 Å². The number of aromatic nitrogens is 3. The molecule has 1 atom stereocenters. The number of rotatable bonds is 8. The van der Waals surface area contributed by atoms with Crippen LogP contribution in [0.2, 0.25) is 0 Å². The van der Waals surface area contributed by atoms with Gasteiger partial charge >= 0.3 is 0 Å². The van der Waals surface area contributed by atoms with E-state index in [2.05, 4.69) is 22.0 Å². The molecule has 168 valence electrons. The third-order valence-corrected chi connectivity index (χ3v) is 4.92. The highest BCUT2D eigenvalue weighted by Gasteiger charge is 2.12. The third kappa shape index (κ3) is 5.89. The molecule has 0 fully saturated rings. The van der Waals surface area contributed by atoms with Crippen LogP contribution in [0.4, 0.5) is 0 Å². The minimum absolute atomic E-state index is 0.474. The molecular formula is C26H25N3O4. The third-order valence-electron chi connectivity index (χ3n) is 4.92. The van der Waals surface area contributed by atoms with E-state index in [1.54, 1.807) is 20.2 Å². The molecule has 2 aromatic carbocycles. The van der Waals surface area contributed by atoms with Gasteiger partial charge in [0.15, 0.2) is 5.76 Å². The van der Waals surface area contributed by atoms with Crippen molar-refractivity contribution in [3.8, 4) is 28.9 Å². The summed E-state index contributed by atoms with van der Waals surface area (Å²) in [6, 6.07) is 17.4. The maximum Gasteiger partial charge on any atom is 0.167 e. The van der Waals surface area contributed by atoms with Gasteiger partial charge < -0.3 is 23.7 Å². The van der Waals surface area contributed by atoms with Gasteiger partial charge in [0.25, 0.3) is 0 Å². The van der Waals surface area contributed by atoms with E-state index in [1.165, 1.54) is 0 Å². The van der Waals surface area contributed by atoms with Crippen molar-refractivity contribution in [2.45, 2.75) is 19.6 Å². The molecule has 1 N–H and O–H groups in total. The van der Waals surface area contributed by atoms with E-state index in [-0.39, 0.29) is 0 Å². The van der Waals surface area contributed by atoms with E-state index < -0.39 is 6.10 Å². The fourth-order valence-corrected chi connectivity index (χ4v) is 3.29. The molecule has 0 spiro atoms. The lowest BCUT2D eigenvalue weighted by atomic mass is 10.1. The monoisotopic (exact) mass is 443 g/mol. The number of nitrogens with zero attached hydrogens (tertiary/aromatic N) is 3. The Kier molecular flexibility index (Phi) is 7.20. The van der Waals surface area contributed by atoms with Crippen molar-refractivity contribution in [3.05, 3.63) is 89.6 Å². The van der Waals surface area contributed by atoms with E-state index in [4.69, 9.17) is 14.0 Å². The second-order valence-electron chi connectivity index (χ2n) is 7.47. The number of aliphatic hydroxyl groups is 1. The lowest BCUT2D eigenvalue weighted by Crippen LogP contribution is -2.07. The maximum atomic E-state index is 9.81. The standard InChI is InChI=1S/C26H25N3O4/c1-19(30)26-27-12-13-29(26)18-23-17-25(33-28-23)22-10-8-20(9-11-22)6-7-21-4-3-5-24(16-21)32-15-14-31-2/h3-5,8-13,16-17,19,30H,14-15,18H2,1-2H3. The molecule has 7 heteroatoms. The fourth-order valence-electron chi connectivity index (χ4n) is 3.29. The number of benzene rings is 2. The average Bonchev–Trinajstić information content (AvgIpc) is 3.49. The highest BCUT2D eigenvalue weighted by atomic mass is 16.5. The molecule has 0 saturated heterocycles. The average molecular weight is 444 g/mol. The molecule has 0 saturated carbocycles. The molecule has 2 heterocycles. The van der Waals surface area contributed by atoms with Crippen molar-refractivity contribution < 1.29 is 19.1 Å². The molecular weight excluding hydrogens is 418 g/mol. The van der Waals surface area contributed by atoms with Gasteiger partial charge in [0.1, 0.15) is 30.0 Å². The zero-order valence-electron chi connectivity index (χ0n) is 18.6. The van der Waals surface area contributed by atoms with E-state index in [0.29, 0.717) is 31.3 Å². The van der Waals surface area contributed by atoms with Gasteiger partial charge in [0.2, 0.25) is 0 Å². The van der Waals surface area contributed by atoms with Crippen LogP contribution in [0.3, 0.4) is 0 Å². The summed E-state index contributed by atoms with van der Waals surface area (Å²) in [5.41, 5.74) is 3.43. The summed E-state index contributed by atoms with van der Waals surface area (Å²) in [5.74, 6) is 8.38. The Morgan fingerprint density at radius 2 is 1.88 bits per heavy atom. The highest BCUT2D eigenvalue weighted by molar-refractivity contribution is 5.59. The predicted molar refractivity (Wildman–Crippen MR) is 124 cm³/mol. The Hall–Kier alpha value is -3.86. The van der Waals surface area contributed by atoms with Crippen LogP contribution >= 0.6 is 0 Å². The first kappa shape index (κ1) is 22.3. The molecule has 33 heavy (non-hydrogen) atoms. The zero-order valence-corrected chi connectivity index (χ0v) is 18.6. The molecule has 0 aliphatic heterocycles. The van der Waals surface area contributed by atoms with Crippen molar-refractivity contribution in [2.24, 2.45) is 0 Å². The first-order valence-electron chi connectivity index (χ1n) is 10.6. The summed E-state index contributed by atoms with van der Waals surface area (Å²) < 4.78 is 18.0. The number of hydrogen-bond donors (Lipinski definition) is 1. The van der Waals surface area contributed by atoms with Gasteiger partial charge in [0, 0.05) is 42.3 Å². The van der Waals surface area contributed by atoms with Crippen LogP contribution in [0, 0.1) is 11.8 Å². The summed E-state index contributed by atoms with van der Waals surface area (Å²) in [4.78, 5) is 4.18. The first-order valence-corrected chi connectivity index (χ1v) is 10.6. The normalized spacial score (nSPS) is 11.6. The Bertz CT molecular complexity index is 1250. The molecule has 0 radical (unpaired) electrons. The molecule has 7 nitrogen and oxygen atoms in total. The van der Waals surface area contributed by atoms with E-state index >= 15 is 0 Å². The van der Waals surface area contributed by atoms with Crippen LogP contribution in [-0.2, 0) is 11.3 Å². The summed E-state index contributed by atoms with van der Waals surface area (Å²) in [5, 5.41) is 14.0. The Labute approximate surface area is 192 Å². The lowest BCUT2D eigenvalue weighted by molar-refractivity contribution is 0.146. The quantitative estimate of drug-likeness (QED) is 0.327. The number of aliphatic hydroxyl groups excluding tert-OH is 1. The molecule has 0 aliphatic carbocycles. The SMILES string of the molecule is COCCOc1cccc(C#Cc2ccc(-c3cc(Cn4ccnc4C(C)O)no3)cc2)c1. The summed E-state index contributed by atoms with van der Waals surface area (Å²) in [6.45, 7) is 3.20. The Morgan fingerprint density at radius 1 is 1.06 bits per heavy atom. The van der Waals surface area contributed by atoms with Crippen molar-refractivity contribution >= 4 is 0 Å². The molecule has 0 aliphatic rings. The smallest absolute Gasteiger partial charge is 0.167 e. The van der Waals surface area contributed by atoms with Crippen LogP contribution in [0.25, 0.3) is 11.3 Å². The molecule has 2 aromatic heterocycles. The van der Waals surface area contributed by atoms with Gasteiger partial charge in [-0.3, -0.25) is 0 Å². The molecule has 1 unspecified atom stereocenters. The van der Waals surface area contributed by atoms with Gasteiger partial charge in [-0.05, 0) is 49.4 Å². The van der Waals surface area contributed by atoms with Crippen molar-refractivity contribution in [3.63, 3.8) is 0 Å². The van der Waals surface area contributed by atoms with Crippen molar-refractivity contribution in [1.29, 1.82) is 0 Å². The van der Waals surface area contributed by atoms with Crippen LogP contribution in [0.5, 0.6) is 5.75 Å². The fraction of sp³-hybridized carbons (Fsp3) is 0.231. The number of imidazole rings is 1. The topological polar surface area (TPSA) is 82.5 Å². The van der Waals surface area contributed by atoms with E-state index in [0.717, 1.165) is 28.1 Å². The van der Waals surface area contributed by atoms with Crippen LogP contribution < -0.4 is 4.74 Å². The summed E-state index contributed by atoms with van der Waals surface area (Å²) in [6.07, 6.45) is 2.82. The molecule has 0 amide bonds. The largest absolute Gasteiger partial charge is 0.491 e. The van der Waals surface area contributed by atoms with Gasteiger partial charge in [0.05, 0.1) is 13.2 Å². The Morgan fingerprint density at radius 3 is 2.67 bits per heavy atom. The summed E-state index contributed by atoms with van der Waals surface area (Å²) >= 11 is 0. The van der Waals surface area contributed by atoms with Gasteiger partial charge in [-0.2, -0.15) is 0 Å². The molecule has 4 aromatic rings. The number of ether oxygens (including phenoxy) is 2. The minimum atomic E-state index is -0.648. The van der Waals surface area contributed by atoms with Crippen molar-refractivity contribution in [1.82, 2.24) is 14.7 Å². The van der Waals surface area contributed by atoms with Crippen LogP contribution in [0.15, 0.2) is 71.5 Å². The predicted octanol–water partition coefficient (Wildman–Crippen LogP) is 4.06. The van der Waals surface area contributed by atoms with Gasteiger partial charge in [-0.25, -0.2) is 4.98 Å². The van der Waals surface area contributed by atoms with Gasteiger partial charge in [-0.15, -0.1) is 0 Å². The zero-order chi connectivity index (χ0) is 23.0. The second-order valence-corrected chi connectivity index (χ2v) is 7.47. The number of hydrogen-bond acceptors (Lipinski definition) is 6. The van der Waals surface area contributed by atoms with Crippen molar-refractivity contribution in [2.75, 3.05) is 20.3 Å². The van der Waals surface area contributed by atoms with E-state index in [9.17, 15) is 5.11 Å². The second kappa shape index (κ2) is 10.6. The van der Waals surface area contributed by atoms with E-state index in [1.807, 2.05) is 65.4 Å². The maximum absolute atomic E-state index is 9.81. The van der Waals surface area contributed by atoms with Crippen LogP contribution in [0.1, 0.15) is 35.7 Å². The minimum Gasteiger partial charge on any atom is -0.491 e. The molecule has 4 rings (SSSR count). The molecule has 0 bridgehead atoms. The lowest BCUT2D eigenvalue weighted by Gasteiger charge is -2.07. The first-order chi connectivity index (χ1) is 16.1. The highest BCUT2D eigenvalue weighted by Crippen LogP contribution is 2.22. The Balaban J connectivity index is 1.42. The summed E-state index contributed by atoms with van der Waals surface area (Å²) in [7, 11) is 1.65.